The number of nitrogens with one attached hydrogen (secondary N) is 1. The second-order valence-corrected chi connectivity index (χ2v) is 6.89. The van der Waals surface area contributed by atoms with Crippen LogP contribution in [0.25, 0.3) is 0 Å². The predicted molar refractivity (Wildman–Crippen MR) is 82.8 cm³/mol. The van der Waals surface area contributed by atoms with Gasteiger partial charge in [-0.2, -0.15) is 0 Å². The van der Waals surface area contributed by atoms with E-state index in [-0.39, 0.29) is 5.78 Å². The van der Waals surface area contributed by atoms with E-state index in [4.69, 9.17) is 0 Å². The quantitative estimate of drug-likeness (QED) is 0.860. The average molecular weight is 352 g/mol. The van der Waals surface area contributed by atoms with Crippen molar-refractivity contribution in [2.45, 2.75) is 38.2 Å². The van der Waals surface area contributed by atoms with Crippen LogP contribution in [0.2, 0.25) is 0 Å². The molecule has 1 amide bonds. The summed E-state index contributed by atoms with van der Waals surface area (Å²) in [7, 11) is 0. The second kappa shape index (κ2) is 5.21. The summed E-state index contributed by atoms with van der Waals surface area (Å²) in [4.78, 5) is 24.7. The lowest BCUT2D eigenvalue weighted by Crippen LogP contribution is -2.47. The second-order valence-electron chi connectivity index (χ2n) is 5.98. The molecule has 1 fully saturated rings. The molecular formula is C16H18BrNO3. The van der Waals surface area contributed by atoms with Crippen LogP contribution in [-0.4, -0.2) is 16.8 Å². The number of aliphatic hydroxyl groups is 1. The molecule has 1 heterocycles. The van der Waals surface area contributed by atoms with E-state index in [2.05, 4.69) is 28.2 Å². The molecule has 1 aromatic carbocycles. The van der Waals surface area contributed by atoms with Crippen LogP contribution in [0.1, 0.15) is 38.2 Å². The van der Waals surface area contributed by atoms with Gasteiger partial charge < -0.3 is 10.4 Å². The van der Waals surface area contributed by atoms with Crippen molar-refractivity contribution in [3.8, 4) is 0 Å². The number of carbonyl (C=O) groups is 2. The Kier molecular flexibility index (Phi) is 3.66. The largest absolute Gasteiger partial charge is 0.375 e. The third kappa shape index (κ3) is 2.23. The Morgan fingerprint density at radius 1 is 1.43 bits per heavy atom. The van der Waals surface area contributed by atoms with Gasteiger partial charge in [-0.1, -0.05) is 29.3 Å². The Balaban J connectivity index is 2.05. The van der Waals surface area contributed by atoms with Crippen LogP contribution in [-0.2, 0) is 15.2 Å². The van der Waals surface area contributed by atoms with Gasteiger partial charge in [0.05, 0.1) is 5.92 Å². The Labute approximate surface area is 132 Å². The van der Waals surface area contributed by atoms with E-state index in [1.807, 2.05) is 6.07 Å². The van der Waals surface area contributed by atoms with E-state index >= 15 is 0 Å². The van der Waals surface area contributed by atoms with Crippen molar-refractivity contribution in [2.75, 3.05) is 5.32 Å². The van der Waals surface area contributed by atoms with E-state index in [1.54, 1.807) is 12.1 Å². The summed E-state index contributed by atoms with van der Waals surface area (Å²) >= 11 is 3.37. The fourth-order valence-corrected chi connectivity index (χ4v) is 3.87. The van der Waals surface area contributed by atoms with Gasteiger partial charge in [0.1, 0.15) is 5.78 Å². The molecule has 5 heteroatoms. The van der Waals surface area contributed by atoms with Gasteiger partial charge in [-0.05, 0) is 37.0 Å². The smallest absolute Gasteiger partial charge is 0.261 e. The van der Waals surface area contributed by atoms with Crippen molar-refractivity contribution in [2.24, 2.45) is 11.8 Å². The van der Waals surface area contributed by atoms with E-state index in [0.717, 1.165) is 17.3 Å². The Bertz CT molecular complexity index is 616. The number of carbonyl (C=O) groups excluding carboxylic acids is 2. The molecule has 0 bridgehead atoms. The Morgan fingerprint density at radius 2 is 2.19 bits per heavy atom. The number of ketones is 1. The van der Waals surface area contributed by atoms with E-state index in [9.17, 15) is 14.7 Å². The van der Waals surface area contributed by atoms with Gasteiger partial charge >= 0.3 is 0 Å². The van der Waals surface area contributed by atoms with E-state index in [1.165, 1.54) is 0 Å². The predicted octanol–water partition coefficient (Wildman–Crippen LogP) is 2.98. The highest BCUT2D eigenvalue weighted by molar-refractivity contribution is 9.10. The number of halogens is 1. The summed E-state index contributed by atoms with van der Waals surface area (Å²) in [6, 6.07) is 5.29. The monoisotopic (exact) mass is 351 g/mol. The lowest BCUT2D eigenvalue weighted by Gasteiger charge is -2.36. The fourth-order valence-electron chi connectivity index (χ4n) is 3.50. The van der Waals surface area contributed by atoms with E-state index < -0.39 is 17.4 Å². The maximum absolute atomic E-state index is 12.4. The minimum absolute atomic E-state index is 0.00910. The average Bonchev–Trinajstić information content (AvgIpc) is 2.72. The Hall–Kier alpha value is -1.20. The molecule has 21 heavy (non-hydrogen) atoms. The molecule has 0 aromatic heterocycles. The first-order chi connectivity index (χ1) is 9.96. The van der Waals surface area contributed by atoms with Crippen LogP contribution in [0.15, 0.2) is 22.7 Å². The highest BCUT2D eigenvalue weighted by Crippen LogP contribution is 2.47. The number of benzene rings is 1. The number of fused-ring (bicyclic) bond motifs is 1. The summed E-state index contributed by atoms with van der Waals surface area (Å²) in [5.41, 5.74) is -0.626. The highest BCUT2D eigenvalue weighted by Gasteiger charge is 2.54. The summed E-state index contributed by atoms with van der Waals surface area (Å²) in [5, 5.41) is 13.8. The zero-order valence-electron chi connectivity index (χ0n) is 11.9. The third-order valence-corrected chi connectivity index (χ3v) is 5.32. The molecule has 0 spiro atoms. The standard InChI is InChI=1S/C16H18BrNO3/c1-2-9-3-6-14(19)12(7-9)16(21)11-8-10(17)4-5-13(11)18-15(16)20/h4-5,8-9,12,21H,2-3,6-7H2,1H3,(H,18,20)/t9-,12-,16-/m1/s1. The highest BCUT2D eigenvalue weighted by atomic mass is 79.9. The van der Waals surface area contributed by atoms with Crippen molar-refractivity contribution in [3.05, 3.63) is 28.2 Å². The summed E-state index contributed by atoms with van der Waals surface area (Å²) in [5.74, 6) is -0.747. The summed E-state index contributed by atoms with van der Waals surface area (Å²) in [6.45, 7) is 2.08. The van der Waals surface area contributed by atoms with Crippen LogP contribution < -0.4 is 5.32 Å². The van der Waals surface area contributed by atoms with Gasteiger partial charge in [0.2, 0.25) is 0 Å². The summed E-state index contributed by atoms with van der Waals surface area (Å²) < 4.78 is 0.784. The molecule has 0 saturated heterocycles. The molecule has 1 aliphatic heterocycles. The molecule has 2 aliphatic rings. The van der Waals surface area contributed by atoms with Gasteiger partial charge in [0, 0.05) is 22.1 Å². The minimum Gasteiger partial charge on any atom is -0.375 e. The maximum atomic E-state index is 12.4. The van der Waals surface area contributed by atoms with Crippen molar-refractivity contribution in [1.29, 1.82) is 0 Å². The SMILES string of the molecule is CC[C@@H]1CCC(=O)[C@H]([C@@]2(O)C(=O)Nc3ccc(Br)cc32)C1. The summed E-state index contributed by atoms with van der Waals surface area (Å²) in [6.07, 6.45) is 2.84. The van der Waals surface area contributed by atoms with Crippen LogP contribution in [0, 0.1) is 11.8 Å². The minimum atomic E-state index is -1.73. The zero-order valence-corrected chi connectivity index (χ0v) is 13.4. The van der Waals surface area contributed by atoms with Crippen molar-refractivity contribution in [1.82, 2.24) is 0 Å². The number of Topliss-reactive ketones (excluding diaryl/α,β-unsaturated/α-hetero) is 1. The van der Waals surface area contributed by atoms with Gasteiger partial charge in [0.25, 0.3) is 5.91 Å². The number of hydrogen-bond acceptors (Lipinski definition) is 3. The van der Waals surface area contributed by atoms with E-state index in [0.29, 0.717) is 30.0 Å². The maximum Gasteiger partial charge on any atom is 0.261 e. The van der Waals surface area contributed by atoms with Gasteiger partial charge in [-0.15, -0.1) is 0 Å². The molecule has 4 nitrogen and oxygen atoms in total. The normalized spacial score (nSPS) is 32.0. The Morgan fingerprint density at radius 3 is 2.90 bits per heavy atom. The zero-order chi connectivity index (χ0) is 15.2. The van der Waals surface area contributed by atoms with Crippen LogP contribution >= 0.6 is 15.9 Å². The lowest BCUT2D eigenvalue weighted by atomic mass is 9.69. The molecule has 1 aromatic rings. The first kappa shape index (κ1) is 14.7. The molecule has 0 unspecified atom stereocenters. The molecule has 1 aliphatic carbocycles. The fraction of sp³-hybridized carbons (Fsp3) is 0.500. The number of hydrogen-bond donors (Lipinski definition) is 2. The van der Waals surface area contributed by atoms with Crippen molar-refractivity contribution >= 4 is 33.3 Å². The number of rotatable bonds is 2. The molecule has 0 radical (unpaired) electrons. The van der Waals surface area contributed by atoms with Crippen molar-refractivity contribution < 1.29 is 14.7 Å². The van der Waals surface area contributed by atoms with Crippen LogP contribution in [0.3, 0.4) is 0 Å². The third-order valence-electron chi connectivity index (χ3n) is 4.82. The van der Waals surface area contributed by atoms with Gasteiger partial charge in [-0.3, -0.25) is 9.59 Å². The van der Waals surface area contributed by atoms with Crippen molar-refractivity contribution in [3.63, 3.8) is 0 Å². The molecular weight excluding hydrogens is 334 g/mol. The molecule has 3 rings (SSSR count). The molecule has 1 saturated carbocycles. The van der Waals surface area contributed by atoms with Gasteiger partial charge in [-0.25, -0.2) is 0 Å². The van der Waals surface area contributed by atoms with Gasteiger partial charge in [0.15, 0.2) is 5.60 Å². The first-order valence-electron chi connectivity index (χ1n) is 7.33. The lowest BCUT2D eigenvalue weighted by molar-refractivity contribution is -0.152. The first-order valence-corrected chi connectivity index (χ1v) is 8.12. The molecule has 2 N–H and O–H groups in total. The molecule has 3 atom stereocenters. The topological polar surface area (TPSA) is 66.4 Å². The van der Waals surface area contributed by atoms with Crippen LogP contribution in [0.5, 0.6) is 0 Å². The number of amides is 1. The number of anilines is 1. The molecule has 112 valence electrons. The van der Waals surface area contributed by atoms with Crippen LogP contribution in [0.4, 0.5) is 5.69 Å².